The maximum Gasteiger partial charge on any atom is 0.122 e. The van der Waals surface area contributed by atoms with Gasteiger partial charge in [-0.15, -0.1) is 0 Å². The Balaban J connectivity index is 2.34. The molecule has 0 saturated heterocycles. The molecule has 1 heterocycles. The summed E-state index contributed by atoms with van der Waals surface area (Å²) in [6, 6.07) is 8.14. The molecule has 0 saturated carbocycles. The standard InChI is InChI=1S/C10H11O/c1-8-6-9-4-2-3-5-10(9)11-7-8/h2-6,8H,7H2,1H3. The van der Waals surface area contributed by atoms with Gasteiger partial charge in [-0.25, -0.2) is 0 Å². The van der Waals surface area contributed by atoms with Crippen LogP contribution in [-0.2, 0) is 0 Å². The van der Waals surface area contributed by atoms with Crippen LogP contribution >= 0.6 is 0 Å². The lowest BCUT2D eigenvalue weighted by molar-refractivity contribution is 0.261. The van der Waals surface area contributed by atoms with Crippen molar-refractivity contribution in [1.29, 1.82) is 0 Å². The van der Waals surface area contributed by atoms with E-state index in [0.29, 0.717) is 5.92 Å². The third-order valence-electron chi connectivity index (χ3n) is 1.88. The molecule has 1 radical (unpaired) electrons. The van der Waals surface area contributed by atoms with Gasteiger partial charge in [0.15, 0.2) is 0 Å². The van der Waals surface area contributed by atoms with Crippen LogP contribution in [0.3, 0.4) is 0 Å². The van der Waals surface area contributed by atoms with Gasteiger partial charge >= 0.3 is 0 Å². The van der Waals surface area contributed by atoms with Crippen molar-refractivity contribution < 1.29 is 4.74 Å². The highest BCUT2D eigenvalue weighted by Crippen LogP contribution is 2.27. The fraction of sp³-hybridized carbons (Fsp3) is 0.300. The maximum atomic E-state index is 5.50. The molecular formula is C10H11O. The first-order valence-corrected chi connectivity index (χ1v) is 3.93. The molecular weight excluding hydrogens is 136 g/mol. The molecule has 11 heavy (non-hydrogen) atoms. The second-order valence-corrected chi connectivity index (χ2v) is 2.99. The van der Waals surface area contributed by atoms with Crippen LogP contribution < -0.4 is 4.74 Å². The normalized spacial score (nSPS) is 22.1. The van der Waals surface area contributed by atoms with Crippen LogP contribution in [0.4, 0.5) is 0 Å². The first-order valence-electron chi connectivity index (χ1n) is 3.93. The fourth-order valence-electron chi connectivity index (χ4n) is 1.33. The Morgan fingerprint density at radius 2 is 2.18 bits per heavy atom. The third-order valence-corrected chi connectivity index (χ3v) is 1.88. The van der Waals surface area contributed by atoms with E-state index < -0.39 is 0 Å². The highest BCUT2D eigenvalue weighted by Gasteiger charge is 2.14. The number of para-hydroxylation sites is 1. The van der Waals surface area contributed by atoms with Gasteiger partial charge in [0, 0.05) is 6.42 Å². The van der Waals surface area contributed by atoms with Gasteiger partial charge in [-0.2, -0.15) is 0 Å². The number of ether oxygens (including phenoxy) is 1. The number of fused-ring (bicyclic) bond motifs is 1. The van der Waals surface area contributed by atoms with Gasteiger partial charge in [-0.3, -0.25) is 0 Å². The quantitative estimate of drug-likeness (QED) is 0.547. The van der Waals surface area contributed by atoms with E-state index in [1.165, 1.54) is 5.56 Å². The van der Waals surface area contributed by atoms with E-state index in [-0.39, 0.29) is 0 Å². The summed E-state index contributed by atoms with van der Waals surface area (Å²) >= 11 is 0. The van der Waals surface area contributed by atoms with Gasteiger partial charge < -0.3 is 4.74 Å². The summed E-state index contributed by atoms with van der Waals surface area (Å²) in [4.78, 5) is 0. The van der Waals surface area contributed by atoms with Crippen molar-refractivity contribution in [3.63, 3.8) is 0 Å². The Labute approximate surface area is 67.0 Å². The molecule has 57 valence electrons. The summed E-state index contributed by atoms with van der Waals surface area (Å²) in [7, 11) is 0. The average molecular weight is 147 g/mol. The van der Waals surface area contributed by atoms with E-state index in [0.717, 1.165) is 12.4 Å². The Morgan fingerprint density at radius 3 is 3.09 bits per heavy atom. The van der Waals surface area contributed by atoms with E-state index in [1.54, 1.807) is 0 Å². The second kappa shape index (κ2) is 2.57. The molecule has 0 amide bonds. The number of hydrogen-bond donors (Lipinski definition) is 0. The molecule has 1 nitrogen and oxygen atoms in total. The van der Waals surface area contributed by atoms with Crippen LogP contribution in [0, 0.1) is 12.3 Å². The monoisotopic (exact) mass is 147 g/mol. The van der Waals surface area contributed by atoms with E-state index in [2.05, 4.69) is 19.4 Å². The van der Waals surface area contributed by atoms with Gasteiger partial charge in [0.1, 0.15) is 5.75 Å². The summed E-state index contributed by atoms with van der Waals surface area (Å²) in [5.74, 6) is 1.57. The van der Waals surface area contributed by atoms with Crippen LogP contribution in [0.1, 0.15) is 12.5 Å². The predicted molar refractivity (Wildman–Crippen MR) is 44.5 cm³/mol. The van der Waals surface area contributed by atoms with Crippen LogP contribution in [0.25, 0.3) is 0 Å². The Hall–Kier alpha value is -0.980. The molecule has 0 N–H and O–H groups in total. The summed E-state index contributed by atoms with van der Waals surface area (Å²) in [5.41, 5.74) is 1.23. The van der Waals surface area contributed by atoms with E-state index >= 15 is 0 Å². The molecule has 1 aliphatic rings. The van der Waals surface area contributed by atoms with Gasteiger partial charge in [0.25, 0.3) is 0 Å². The Morgan fingerprint density at radius 1 is 1.36 bits per heavy atom. The molecule has 1 aromatic carbocycles. The van der Waals surface area contributed by atoms with E-state index in [1.807, 2.05) is 18.2 Å². The summed E-state index contributed by atoms with van der Waals surface area (Å²) in [6.45, 7) is 2.98. The zero-order valence-electron chi connectivity index (χ0n) is 6.58. The predicted octanol–water partition coefficient (Wildman–Crippen LogP) is 2.27. The first-order chi connectivity index (χ1) is 5.36. The van der Waals surface area contributed by atoms with Crippen LogP contribution in [0.5, 0.6) is 5.75 Å². The molecule has 0 fully saturated rings. The minimum Gasteiger partial charge on any atom is -0.493 e. The van der Waals surface area contributed by atoms with Gasteiger partial charge in [0.05, 0.1) is 6.61 Å². The molecule has 0 bridgehead atoms. The van der Waals surface area contributed by atoms with Crippen molar-refractivity contribution in [3.8, 4) is 5.75 Å². The number of rotatable bonds is 0. The first kappa shape index (κ1) is 6.71. The zero-order valence-corrected chi connectivity index (χ0v) is 6.58. The summed E-state index contributed by atoms with van der Waals surface area (Å²) in [6.07, 6.45) is 2.25. The lowest BCUT2D eigenvalue weighted by atomic mass is 9.99. The highest BCUT2D eigenvalue weighted by molar-refractivity contribution is 5.40. The second-order valence-electron chi connectivity index (χ2n) is 2.99. The van der Waals surface area contributed by atoms with Gasteiger partial charge in [-0.1, -0.05) is 25.1 Å². The molecule has 0 aromatic heterocycles. The van der Waals surface area contributed by atoms with Crippen LogP contribution in [-0.4, -0.2) is 6.61 Å². The molecule has 1 heteroatoms. The van der Waals surface area contributed by atoms with E-state index in [4.69, 9.17) is 4.74 Å². The lowest BCUT2D eigenvalue weighted by Crippen LogP contribution is -2.15. The van der Waals surface area contributed by atoms with E-state index in [9.17, 15) is 0 Å². The summed E-state index contributed by atoms with van der Waals surface area (Å²) < 4.78 is 5.50. The van der Waals surface area contributed by atoms with Crippen molar-refractivity contribution >= 4 is 0 Å². The van der Waals surface area contributed by atoms with Crippen molar-refractivity contribution in [2.24, 2.45) is 5.92 Å². The Bertz CT molecular complexity index is 255. The molecule has 2 rings (SSSR count). The third kappa shape index (κ3) is 1.23. The SMILES string of the molecule is CC1[CH]c2ccccc2OC1. The van der Waals surface area contributed by atoms with Crippen LogP contribution in [0.15, 0.2) is 24.3 Å². The smallest absolute Gasteiger partial charge is 0.122 e. The van der Waals surface area contributed by atoms with Crippen molar-refractivity contribution in [2.75, 3.05) is 6.61 Å². The Kier molecular flexibility index (Phi) is 1.57. The molecule has 0 aliphatic carbocycles. The zero-order chi connectivity index (χ0) is 7.68. The van der Waals surface area contributed by atoms with Gasteiger partial charge in [-0.05, 0) is 17.5 Å². The average Bonchev–Trinajstić information content (AvgIpc) is 2.04. The van der Waals surface area contributed by atoms with Crippen molar-refractivity contribution in [3.05, 3.63) is 36.2 Å². The minimum absolute atomic E-state index is 0.546. The molecule has 1 unspecified atom stereocenters. The van der Waals surface area contributed by atoms with Gasteiger partial charge in [0.2, 0.25) is 0 Å². The lowest BCUT2D eigenvalue weighted by Gasteiger charge is -2.21. The van der Waals surface area contributed by atoms with Crippen molar-refractivity contribution in [1.82, 2.24) is 0 Å². The number of hydrogen-bond acceptors (Lipinski definition) is 1. The topological polar surface area (TPSA) is 9.23 Å². The molecule has 0 spiro atoms. The minimum atomic E-state index is 0.546. The summed E-state index contributed by atoms with van der Waals surface area (Å²) in [5, 5.41) is 0. The van der Waals surface area contributed by atoms with Crippen LogP contribution in [0.2, 0.25) is 0 Å². The maximum absolute atomic E-state index is 5.50. The molecule has 1 aromatic rings. The molecule has 1 atom stereocenters. The fourth-order valence-corrected chi connectivity index (χ4v) is 1.33. The largest absolute Gasteiger partial charge is 0.493 e. The molecule has 1 aliphatic heterocycles. The van der Waals surface area contributed by atoms with Crippen molar-refractivity contribution in [2.45, 2.75) is 6.92 Å². The highest BCUT2D eigenvalue weighted by atomic mass is 16.5. The number of benzene rings is 1.